The first kappa shape index (κ1) is 23.1. The number of rotatable bonds is 12. The van der Waals surface area contributed by atoms with Crippen LogP contribution < -0.4 is 0 Å². The van der Waals surface area contributed by atoms with Crippen molar-refractivity contribution in [1.82, 2.24) is 0 Å². The highest BCUT2D eigenvalue weighted by atomic mass is 28.4. The average Bonchev–Trinajstić information content (AvgIpc) is 2.50. The van der Waals surface area contributed by atoms with Gasteiger partial charge in [-0.25, -0.2) is 0 Å². The average molecular weight is 349 g/mol. The lowest BCUT2D eigenvalue weighted by molar-refractivity contribution is 0.277. The van der Waals surface area contributed by atoms with Gasteiger partial charge in [0.15, 0.2) is 8.32 Å². The molecule has 0 radical (unpaired) electrons. The Hall–Kier alpha value is -0.863. The van der Waals surface area contributed by atoms with Gasteiger partial charge in [0.2, 0.25) is 0 Å². The quantitative estimate of drug-likeness (QED) is 0.200. The summed E-state index contributed by atoms with van der Waals surface area (Å²) in [5, 5.41) is 0.326. The first-order chi connectivity index (χ1) is 11.3. The molecule has 0 spiro atoms. The number of hydrogen-bond donors (Lipinski definition) is 0. The third-order valence-electron chi connectivity index (χ3n) is 4.60. The monoisotopic (exact) mass is 348 g/mol. The van der Waals surface area contributed by atoms with Crippen LogP contribution in [0.1, 0.15) is 66.2 Å². The van der Waals surface area contributed by atoms with Gasteiger partial charge in [-0.15, -0.1) is 0 Å². The Morgan fingerprint density at radius 1 is 0.750 bits per heavy atom. The molecule has 0 aliphatic heterocycles. The molecule has 0 unspecified atom stereocenters. The highest BCUT2D eigenvalue weighted by Crippen LogP contribution is 2.36. The fourth-order valence-electron chi connectivity index (χ4n) is 1.91. The molecule has 138 valence electrons. The molecule has 0 N–H and O–H groups in total. The maximum Gasteiger partial charge on any atom is 0.191 e. The Bertz CT molecular complexity index is 408. The number of hydrogen-bond acceptors (Lipinski definition) is 1. The van der Waals surface area contributed by atoms with E-state index in [2.05, 4.69) is 89.4 Å². The second-order valence-electron chi connectivity index (χ2n) is 7.85. The molecule has 0 rings (SSSR count). The van der Waals surface area contributed by atoms with E-state index >= 15 is 0 Å². The molecule has 0 saturated carbocycles. The van der Waals surface area contributed by atoms with Crippen LogP contribution in [0, 0.1) is 0 Å². The summed E-state index contributed by atoms with van der Waals surface area (Å²) in [4.78, 5) is 0. The standard InChI is InChI=1S/C22H40OSi/c1-7-8-9-10-11-12-13-14-15-16-17-18-19-20-21-23-24(5,6)22(2,3)4/h8-15H,7,16-21H2,1-6H3/b9-8-,11-10-,13-12-,15-14-. The molecule has 1 nitrogen and oxygen atoms in total. The van der Waals surface area contributed by atoms with Crippen LogP contribution in [0.3, 0.4) is 0 Å². The molecular weight excluding hydrogens is 308 g/mol. The normalized spacial score (nSPS) is 14.1. The molecule has 2 heteroatoms. The number of allylic oxidation sites excluding steroid dienone is 8. The molecule has 0 aromatic heterocycles. The van der Waals surface area contributed by atoms with Crippen molar-refractivity contribution in [3.05, 3.63) is 48.6 Å². The molecule has 0 heterocycles. The molecule has 0 atom stereocenters. The van der Waals surface area contributed by atoms with E-state index < -0.39 is 8.32 Å². The van der Waals surface area contributed by atoms with Gasteiger partial charge < -0.3 is 4.43 Å². The summed E-state index contributed by atoms with van der Waals surface area (Å²) in [6, 6.07) is 0. The van der Waals surface area contributed by atoms with E-state index in [1.54, 1.807) is 0 Å². The molecular formula is C22H40OSi. The van der Waals surface area contributed by atoms with Crippen LogP contribution in [0.15, 0.2) is 48.6 Å². The van der Waals surface area contributed by atoms with E-state index in [0.29, 0.717) is 5.04 Å². The van der Waals surface area contributed by atoms with Gasteiger partial charge in [-0.2, -0.15) is 0 Å². The van der Waals surface area contributed by atoms with Crippen molar-refractivity contribution in [2.45, 2.75) is 84.4 Å². The lowest BCUT2D eigenvalue weighted by atomic mass is 10.1. The van der Waals surface area contributed by atoms with Gasteiger partial charge in [0.1, 0.15) is 0 Å². The van der Waals surface area contributed by atoms with Gasteiger partial charge in [0, 0.05) is 6.61 Å². The van der Waals surface area contributed by atoms with Crippen molar-refractivity contribution in [2.75, 3.05) is 6.61 Å². The zero-order valence-corrected chi connectivity index (χ0v) is 18.0. The topological polar surface area (TPSA) is 9.23 Å². The Labute approximate surface area is 152 Å². The lowest BCUT2D eigenvalue weighted by Crippen LogP contribution is -2.40. The van der Waals surface area contributed by atoms with Crippen LogP contribution in [0.25, 0.3) is 0 Å². The van der Waals surface area contributed by atoms with Crippen LogP contribution >= 0.6 is 0 Å². The van der Waals surface area contributed by atoms with E-state index in [4.69, 9.17) is 4.43 Å². The Kier molecular flexibility index (Phi) is 12.9. The molecule has 0 bridgehead atoms. The van der Waals surface area contributed by atoms with Gasteiger partial charge >= 0.3 is 0 Å². The highest BCUT2D eigenvalue weighted by Gasteiger charge is 2.36. The first-order valence-corrected chi connectivity index (χ1v) is 12.5. The van der Waals surface area contributed by atoms with Crippen LogP contribution in [0.4, 0.5) is 0 Å². The molecule has 0 aliphatic rings. The summed E-state index contributed by atoms with van der Waals surface area (Å²) < 4.78 is 6.21. The largest absolute Gasteiger partial charge is 0.417 e. The third-order valence-corrected chi connectivity index (χ3v) is 9.14. The third kappa shape index (κ3) is 12.5. The minimum Gasteiger partial charge on any atom is -0.417 e. The maximum absolute atomic E-state index is 6.21. The van der Waals surface area contributed by atoms with E-state index in [0.717, 1.165) is 13.0 Å². The van der Waals surface area contributed by atoms with E-state index in [-0.39, 0.29) is 0 Å². The van der Waals surface area contributed by atoms with Gasteiger partial charge in [-0.1, -0.05) is 89.1 Å². The SMILES string of the molecule is CC\C=C/C=C\C=C/C=C\CCCCCCO[Si](C)(C)C(C)(C)C. The molecule has 0 aromatic rings. The molecule has 0 saturated heterocycles. The van der Waals surface area contributed by atoms with Crippen LogP contribution in [0.5, 0.6) is 0 Å². The Morgan fingerprint density at radius 3 is 1.88 bits per heavy atom. The van der Waals surface area contributed by atoms with Gasteiger partial charge in [-0.05, 0) is 43.8 Å². The molecule has 0 aliphatic carbocycles. The predicted molar refractivity (Wildman–Crippen MR) is 113 cm³/mol. The van der Waals surface area contributed by atoms with Crippen molar-refractivity contribution >= 4 is 8.32 Å². The summed E-state index contributed by atoms with van der Waals surface area (Å²) >= 11 is 0. The van der Waals surface area contributed by atoms with Crippen LogP contribution in [0.2, 0.25) is 18.1 Å². The van der Waals surface area contributed by atoms with Crippen molar-refractivity contribution in [3.8, 4) is 0 Å². The Balaban J connectivity index is 3.58. The maximum atomic E-state index is 6.21. The van der Waals surface area contributed by atoms with E-state index in [9.17, 15) is 0 Å². The van der Waals surface area contributed by atoms with Gasteiger partial charge in [-0.3, -0.25) is 0 Å². The highest BCUT2D eigenvalue weighted by molar-refractivity contribution is 6.74. The summed E-state index contributed by atoms with van der Waals surface area (Å²) in [5.74, 6) is 0. The summed E-state index contributed by atoms with van der Waals surface area (Å²) in [6.45, 7) is 14.7. The Morgan fingerprint density at radius 2 is 1.29 bits per heavy atom. The smallest absolute Gasteiger partial charge is 0.191 e. The van der Waals surface area contributed by atoms with E-state index in [1.165, 1.54) is 32.1 Å². The second kappa shape index (κ2) is 13.4. The number of unbranched alkanes of at least 4 members (excludes halogenated alkanes) is 4. The summed E-state index contributed by atoms with van der Waals surface area (Å²) in [6.07, 6.45) is 24.3. The minimum absolute atomic E-state index is 0.326. The minimum atomic E-state index is -1.54. The van der Waals surface area contributed by atoms with Crippen molar-refractivity contribution in [1.29, 1.82) is 0 Å². The fraction of sp³-hybridized carbons (Fsp3) is 0.636. The van der Waals surface area contributed by atoms with Crippen molar-refractivity contribution in [3.63, 3.8) is 0 Å². The molecule has 24 heavy (non-hydrogen) atoms. The van der Waals surface area contributed by atoms with E-state index in [1.807, 2.05) is 0 Å². The fourth-order valence-corrected chi connectivity index (χ4v) is 3.00. The van der Waals surface area contributed by atoms with Crippen molar-refractivity contribution in [2.24, 2.45) is 0 Å². The van der Waals surface area contributed by atoms with Gasteiger partial charge in [0.25, 0.3) is 0 Å². The first-order valence-electron chi connectivity index (χ1n) is 9.60. The summed E-state index contributed by atoms with van der Waals surface area (Å²) in [7, 11) is -1.54. The van der Waals surface area contributed by atoms with Gasteiger partial charge in [0.05, 0.1) is 0 Å². The van der Waals surface area contributed by atoms with Crippen LogP contribution in [-0.2, 0) is 4.43 Å². The summed E-state index contributed by atoms with van der Waals surface area (Å²) in [5.41, 5.74) is 0. The predicted octanol–water partition coefficient (Wildman–Crippen LogP) is 7.59. The molecule has 0 amide bonds. The lowest BCUT2D eigenvalue weighted by Gasteiger charge is -2.36. The molecule has 0 aromatic carbocycles. The molecule has 0 fully saturated rings. The zero-order chi connectivity index (χ0) is 18.3. The van der Waals surface area contributed by atoms with Crippen LogP contribution in [-0.4, -0.2) is 14.9 Å². The second-order valence-corrected chi connectivity index (χ2v) is 12.7. The zero-order valence-electron chi connectivity index (χ0n) is 17.0. The van der Waals surface area contributed by atoms with Crippen molar-refractivity contribution < 1.29 is 4.43 Å².